The van der Waals surface area contributed by atoms with E-state index in [-0.39, 0.29) is 49.2 Å². The van der Waals surface area contributed by atoms with Gasteiger partial charge < -0.3 is 10.8 Å². The van der Waals surface area contributed by atoms with Crippen LogP contribution >= 0.6 is 0 Å². The topological polar surface area (TPSA) is 259 Å². The third kappa shape index (κ3) is 6.18. The first-order valence-electron chi connectivity index (χ1n) is 13.4. The average molecular weight is 708 g/mol. The monoisotopic (exact) mass is 707 g/mol. The van der Waals surface area contributed by atoms with Crippen LogP contribution in [0.5, 0.6) is 5.75 Å². The highest BCUT2D eigenvalue weighted by Crippen LogP contribution is 2.41. The highest BCUT2D eigenvalue weighted by molar-refractivity contribution is 7.86. The smallest absolute Gasteiger partial charge is 0.295 e. The molecule has 0 aliphatic heterocycles. The van der Waals surface area contributed by atoms with Crippen LogP contribution < -0.4 is 5.73 Å². The van der Waals surface area contributed by atoms with E-state index in [2.05, 4.69) is 20.5 Å². The number of phenolic OH excluding ortho intramolecular Hbond substituents is 1. The molecule has 0 bridgehead atoms. The van der Waals surface area contributed by atoms with Crippen LogP contribution in [0.15, 0.2) is 126 Å². The van der Waals surface area contributed by atoms with E-state index in [0.717, 1.165) is 12.1 Å². The Morgan fingerprint density at radius 2 is 0.917 bits per heavy atom. The summed E-state index contributed by atoms with van der Waals surface area (Å²) in [4.78, 5) is -1.27. The largest absolute Gasteiger partial charge is 0.505 e. The Kier molecular flexibility index (Phi) is 7.94. The summed E-state index contributed by atoms with van der Waals surface area (Å²) in [5, 5.41) is 28.9. The van der Waals surface area contributed by atoms with Crippen molar-refractivity contribution in [3.63, 3.8) is 0 Å². The van der Waals surface area contributed by atoms with Crippen LogP contribution in [0, 0.1) is 0 Å². The maximum atomic E-state index is 12.0. The van der Waals surface area contributed by atoms with Crippen molar-refractivity contribution < 1.29 is 44.0 Å². The summed E-state index contributed by atoms with van der Waals surface area (Å²) in [5.74, 6) is -0.442. The standard InChI is InChI=1S/C30H21N5O10S3/c31-24-9-11-26(22-14-16(46(37,38)39)4-6-18(22)24)33-32-25-12-13-27(23-15-17(47(40,41)42)5-7-19(23)25)34-35-28-10-8-20-21(30(28)36)2-1-3-29(20)48(43,44)45/h1-15,36H,31H2,(H,37,38,39)(H,40,41,42)(H,43,44,45). The highest BCUT2D eigenvalue weighted by atomic mass is 32.2. The average Bonchev–Trinajstić information content (AvgIpc) is 3.02. The number of nitrogens with two attached hydrogens (primary N) is 1. The van der Waals surface area contributed by atoms with Gasteiger partial charge in [0.05, 0.1) is 26.9 Å². The molecule has 18 heteroatoms. The maximum Gasteiger partial charge on any atom is 0.295 e. The van der Waals surface area contributed by atoms with Gasteiger partial charge in [-0.2, -0.15) is 25.3 Å². The van der Waals surface area contributed by atoms with Gasteiger partial charge in [-0.3, -0.25) is 13.7 Å². The molecule has 0 fully saturated rings. The number of fused-ring (bicyclic) bond motifs is 3. The number of azo groups is 2. The molecule has 48 heavy (non-hydrogen) atoms. The lowest BCUT2D eigenvalue weighted by molar-refractivity contribution is 0.480. The summed E-state index contributed by atoms with van der Waals surface area (Å²) in [6, 6.07) is 19.9. The minimum Gasteiger partial charge on any atom is -0.505 e. The fraction of sp³-hybridized carbons (Fsp3) is 0. The van der Waals surface area contributed by atoms with E-state index < -0.39 is 45.9 Å². The number of anilines is 1. The van der Waals surface area contributed by atoms with Crippen LogP contribution in [-0.4, -0.2) is 44.0 Å². The minimum atomic E-state index is -4.66. The molecular formula is C30H21N5O10S3. The van der Waals surface area contributed by atoms with Crippen molar-refractivity contribution in [2.45, 2.75) is 14.7 Å². The van der Waals surface area contributed by atoms with E-state index >= 15 is 0 Å². The number of hydrogen-bond acceptors (Lipinski definition) is 12. The molecule has 0 unspecified atom stereocenters. The number of rotatable bonds is 7. The zero-order valence-corrected chi connectivity index (χ0v) is 26.4. The zero-order valence-electron chi connectivity index (χ0n) is 24.0. The van der Waals surface area contributed by atoms with Crippen LogP contribution in [0.25, 0.3) is 32.3 Å². The molecule has 0 heterocycles. The molecule has 0 saturated heterocycles. The fourth-order valence-electron chi connectivity index (χ4n) is 5.04. The van der Waals surface area contributed by atoms with Gasteiger partial charge in [-0.15, -0.1) is 20.5 Å². The molecule has 244 valence electrons. The van der Waals surface area contributed by atoms with Gasteiger partial charge in [0, 0.05) is 38.0 Å². The molecule has 0 saturated carbocycles. The van der Waals surface area contributed by atoms with Gasteiger partial charge >= 0.3 is 0 Å². The van der Waals surface area contributed by atoms with Crippen molar-refractivity contribution in [3.8, 4) is 5.75 Å². The summed E-state index contributed by atoms with van der Waals surface area (Å²) in [5.41, 5.74) is 6.75. The first kappa shape index (κ1) is 32.6. The van der Waals surface area contributed by atoms with Crippen molar-refractivity contribution >= 4 is 91.1 Å². The predicted octanol–water partition coefficient (Wildman–Crippen LogP) is 7.00. The molecular weight excluding hydrogens is 687 g/mol. The summed E-state index contributed by atoms with van der Waals surface area (Å²) in [7, 11) is -13.8. The molecule has 6 rings (SSSR count). The van der Waals surface area contributed by atoms with E-state index in [9.17, 15) is 44.0 Å². The lowest BCUT2D eigenvalue weighted by Gasteiger charge is -2.09. The number of aromatic hydroxyl groups is 1. The summed E-state index contributed by atoms with van der Waals surface area (Å²) < 4.78 is 99.8. The van der Waals surface area contributed by atoms with E-state index in [1.54, 1.807) is 0 Å². The van der Waals surface area contributed by atoms with Gasteiger partial charge in [-0.1, -0.05) is 30.3 Å². The molecule has 15 nitrogen and oxygen atoms in total. The second-order valence-corrected chi connectivity index (χ2v) is 14.5. The molecule has 0 atom stereocenters. The SMILES string of the molecule is Nc1ccc(N=Nc2ccc(N=Nc3ccc4c(S(=O)(=O)O)cccc4c3O)c3cc(S(=O)(=O)O)ccc23)c2cc(S(=O)(=O)O)ccc12. The summed E-state index contributed by atoms with van der Waals surface area (Å²) in [6.45, 7) is 0. The molecule has 0 radical (unpaired) electrons. The zero-order chi connectivity index (χ0) is 34.6. The maximum absolute atomic E-state index is 12.0. The second kappa shape index (κ2) is 11.7. The lowest BCUT2D eigenvalue weighted by Crippen LogP contribution is -1.98. The Labute approximate surface area is 272 Å². The summed E-state index contributed by atoms with van der Waals surface area (Å²) >= 11 is 0. The normalized spacial score (nSPS) is 13.0. The van der Waals surface area contributed by atoms with E-state index in [0.29, 0.717) is 16.5 Å². The molecule has 0 aromatic heterocycles. The number of nitrogen functional groups attached to an aromatic ring is 1. The van der Waals surface area contributed by atoms with Crippen LogP contribution in [0.4, 0.5) is 28.4 Å². The first-order valence-corrected chi connectivity index (χ1v) is 17.7. The Morgan fingerprint density at radius 1 is 0.458 bits per heavy atom. The molecule has 0 spiro atoms. The molecule has 0 aliphatic carbocycles. The molecule has 0 aliphatic rings. The molecule has 0 amide bonds. The number of hydrogen-bond donors (Lipinski definition) is 5. The van der Waals surface area contributed by atoms with Crippen molar-refractivity contribution in [2.24, 2.45) is 20.5 Å². The minimum absolute atomic E-state index is 0.0394. The van der Waals surface area contributed by atoms with Gasteiger partial charge in [0.25, 0.3) is 30.4 Å². The third-order valence-corrected chi connectivity index (χ3v) is 9.93. The number of benzene rings is 6. The van der Waals surface area contributed by atoms with Crippen molar-refractivity contribution in [1.82, 2.24) is 0 Å². The second-order valence-electron chi connectivity index (χ2n) is 10.3. The molecule has 6 aromatic carbocycles. The van der Waals surface area contributed by atoms with Gasteiger partial charge in [-0.05, 0) is 60.7 Å². The fourth-order valence-corrected chi connectivity index (χ4v) is 6.76. The Hall–Kier alpha value is -5.37. The van der Waals surface area contributed by atoms with Crippen LogP contribution in [0.1, 0.15) is 0 Å². The van der Waals surface area contributed by atoms with Crippen LogP contribution in [0.2, 0.25) is 0 Å². The Morgan fingerprint density at radius 3 is 1.48 bits per heavy atom. The summed E-state index contributed by atoms with van der Waals surface area (Å²) in [6.07, 6.45) is 0. The lowest BCUT2D eigenvalue weighted by atomic mass is 10.1. The molecule has 6 N–H and O–H groups in total. The van der Waals surface area contributed by atoms with Gasteiger partial charge in [0.2, 0.25) is 0 Å². The third-order valence-electron chi connectivity index (χ3n) is 7.32. The first-order chi connectivity index (χ1) is 22.5. The Balaban J connectivity index is 1.47. The predicted molar refractivity (Wildman–Crippen MR) is 176 cm³/mol. The number of phenols is 1. The molecule has 6 aromatic rings. The van der Waals surface area contributed by atoms with E-state index in [4.69, 9.17) is 5.73 Å². The number of nitrogens with zero attached hydrogens (tertiary/aromatic N) is 4. The Bertz CT molecular complexity index is 2730. The van der Waals surface area contributed by atoms with Crippen molar-refractivity contribution in [3.05, 3.63) is 91.0 Å². The van der Waals surface area contributed by atoms with Crippen LogP contribution in [0.3, 0.4) is 0 Å². The van der Waals surface area contributed by atoms with E-state index in [1.165, 1.54) is 78.9 Å². The van der Waals surface area contributed by atoms with Gasteiger partial charge in [0.15, 0.2) is 5.75 Å². The van der Waals surface area contributed by atoms with E-state index in [1.807, 2.05) is 0 Å². The van der Waals surface area contributed by atoms with Gasteiger partial charge in [0.1, 0.15) is 10.6 Å². The highest BCUT2D eigenvalue weighted by Gasteiger charge is 2.18. The van der Waals surface area contributed by atoms with Crippen molar-refractivity contribution in [1.29, 1.82) is 0 Å². The van der Waals surface area contributed by atoms with Crippen LogP contribution in [-0.2, 0) is 30.4 Å². The van der Waals surface area contributed by atoms with Gasteiger partial charge in [-0.25, -0.2) is 0 Å². The van der Waals surface area contributed by atoms with Crippen molar-refractivity contribution in [2.75, 3.05) is 5.73 Å². The quantitative estimate of drug-likeness (QED) is 0.0640.